The first-order valence-corrected chi connectivity index (χ1v) is 8.05. The van der Waals surface area contributed by atoms with Crippen molar-refractivity contribution in [3.05, 3.63) is 78.0 Å². The summed E-state index contributed by atoms with van der Waals surface area (Å²) < 4.78 is 5.70. The second-order valence-electron chi connectivity index (χ2n) is 5.67. The average Bonchev–Trinajstić information content (AvgIpc) is 3.06. The zero-order chi connectivity index (χ0) is 16.5. The maximum Gasteiger partial charge on any atom is 0.195 e. The maximum atomic E-state index is 13.1. The fourth-order valence-electron chi connectivity index (χ4n) is 3.16. The summed E-state index contributed by atoms with van der Waals surface area (Å²) in [7, 11) is 0. The van der Waals surface area contributed by atoms with Crippen molar-refractivity contribution in [3.8, 4) is 5.75 Å². The number of carbonyl (C=O) groups is 1. The van der Waals surface area contributed by atoms with Gasteiger partial charge in [0.1, 0.15) is 5.75 Å². The molecule has 3 nitrogen and oxygen atoms in total. The van der Waals surface area contributed by atoms with Crippen LogP contribution in [0.3, 0.4) is 0 Å². The second-order valence-corrected chi connectivity index (χ2v) is 5.67. The van der Waals surface area contributed by atoms with Gasteiger partial charge in [-0.3, -0.25) is 4.79 Å². The Hall–Kier alpha value is -3.07. The zero-order valence-corrected chi connectivity index (χ0v) is 13.4. The Morgan fingerprint density at radius 1 is 0.875 bits per heavy atom. The van der Waals surface area contributed by atoms with Crippen LogP contribution in [-0.4, -0.2) is 17.4 Å². The van der Waals surface area contributed by atoms with Crippen molar-refractivity contribution >= 4 is 27.5 Å². The Kier molecular flexibility index (Phi) is 3.54. The fraction of sp³-hybridized carbons (Fsp3) is 0.0952. The van der Waals surface area contributed by atoms with Gasteiger partial charge in [0.05, 0.1) is 6.61 Å². The van der Waals surface area contributed by atoms with Gasteiger partial charge in [-0.05, 0) is 30.5 Å². The number of aromatic amines is 1. The Morgan fingerprint density at radius 3 is 2.38 bits per heavy atom. The smallest absolute Gasteiger partial charge is 0.195 e. The lowest BCUT2D eigenvalue weighted by atomic mass is 9.96. The fourth-order valence-corrected chi connectivity index (χ4v) is 3.16. The van der Waals surface area contributed by atoms with E-state index >= 15 is 0 Å². The summed E-state index contributed by atoms with van der Waals surface area (Å²) in [6.07, 6.45) is 1.79. The van der Waals surface area contributed by atoms with Gasteiger partial charge in [-0.25, -0.2) is 0 Å². The van der Waals surface area contributed by atoms with Crippen molar-refractivity contribution in [2.45, 2.75) is 6.92 Å². The standard InChI is InChI=1S/C21H17NO2/c1-2-24-20-12-11-17(14-7-3-4-9-16(14)20)21(23)18-13-22-19-10-6-5-8-15(18)19/h3-13,22H,2H2,1H3. The zero-order valence-electron chi connectivity index (χ0n) is 13.4. The van der Waals surface area contributed by atoms with Gasteiger partial charge >= 0.3 is 0 Å². The van der Waals surface area contributed by atoms with Crippen molar-refractivity contribution in [2.24, 2.45) is 0 Å². The summed E-state index contributed by atoms with van der Waals surface area (Å²) in [5.74, 6) is 0.829. The van der Waals surface area contributed by atoms with Crippen LogP contribution in [-0.2, 0) is 0 Å². The van der Waals surface area contributed by atoms with E-state index in [1.165, 1.54) is 0 Å². The molecule has 0 aliphatic carbocycles. The van der Waals surface area contributed by atoms with E-state index < -0.39 is 0 Å². The van der Waals surface area contributed by atoms with E-state index in [9.17, 15) is 4.79 Å². The SMILES string of the molecule is CCOc1ccc(C(=O)c2c[nH]c3ccccc23)c2ccccc12. The number of nitrogens with one attached hydrogen (secondary N) is 1. The van der Waals surface area contributed by atoms with Gasteiger partial charge in [0.2, 0.25) is 0 Å². The number of hydrogen-bond donors (Lipinski definition) is 1. The van der Waals surface area contributed by atoms with Crippen LogP contribution < -0.4 is 4.74 Å². The molecule has 3 heteroatoms. The van der Waals surface area contributed by atoms with E-state index in [1.54, 1.807) is 6.20 Å². The van der Waals surface area contributed by atoms with Gasteiger partial charge in [0.25, 0.3) is 0 Å². The number of fused-ring (bicyclic) bond motifs is 2. The monoisotopic (exact) mass is 315 g/mol. The minimum absolute atomic E-state index is 0.0201. The molecule has 4 rings (SSSR count). The van der Waals surface area contributed by atoms with E-state index in [0.29, 0.717) is 17.7 Å². The largest absolute Gasteiger partial charge is 0.493 e. The van der Waals surface area contributed by atoms with Gasteiger partial charge < -0.3 is 9.72 Å². The van der Waals surface area contributed by atoms with Gasteiger partial charge in [-0.15, -0.1) is 0 Å². The first kappa shape index (κ1) is 14.5. The molecule has 0 aliphatic rings. The third-order valence-electron chi connectivity index (χ3n) is 4.26. The quantitative estimate of drug-likeness (QED) is 0.541. The average molecular weight is 315 g/mol. The van der Waals surface area contributed by atoms with E-state index in [-0.39, 0.29) is 5.78 Å². The Balaban J connectivity index is 1.90. The summed E-state index contributed by atoms with van der Waals surface area (Å²) in [5.41, 5.74) is 2.36. The highest BCUT2D eigenvalue weighted by molar-refractivity contribution is 6.21. The minimum atomic E-state index is 0.0201. The molecule has 0 unspecified atom stereocenters. The first-order chi connectivity index (χ1) is 11.8. The van der Waals surface area contributed by atoms with Crippen LogP contribution in [0.15, 0.2) is 66.9 Å². The number of para-hydroxylation sites is 1. The van der Waals surface area contributed by atoms with Gasteiger partial charge in [-0.2, -0.15) is 0 Å². The van der Waals surface area contributed by atoms with E-state index in [2.05, 4.69) is 4.98 Å². The highest BCUT2D eigenvalue weighted by atomic mass is 16.5. The summed E-state index contributed by atoms with van der Waals surface area (Å²) in [4.78, 5) is 16.3. The van der Waals surface area contributed by atoms with Crippen molar-refractivity contribution in [1.29, 1.82) is 0 Å². The van der Waals surface area contributed by atoms with Crippen molar-refractivity contribution < 1.29 is 9.53 Å². The predicted octanol–water partition coefficient (Wildman–Crippen LogP) is 4.95. The summed E-state index contributed by atoms with van der Waals surface area (Å²) in [6.45, 7) is 2.56. The van der Waals surface area contributed by atoms with Crippen LogP contribution in [0.2, 0.25) is 0 Å². The number of ether oxygens (including phenoxy) is 1. The molecule has 1 aromatic heterocycles. The summed E-state index contributed by atoms with van der Waals surface area (Å²) >= 11 is 0. The van der Waals surface area contributed by atoms with Crippen LogP contribution in [0.25, 0.3) is 21.7 Å². The molecule has 0 atom stereocenters. The molecule has 0 aliphatic heterocycles. The van der Waals surface area contributed by atoms with Crippen molar-refractivity contribution in [2.75, 3.05) is 6.61 Å². The number of benzene rings is 3. The minimum Gasteiger partial charge on any atom is -0.493 e. The molecule has 0 bridgehead atoms. The molecule has 118 valence electrons. The molecule has 1 N–H and O–H groups in total. The number of H-pyrrole nitrogens is 1. The lowest BCUT2D eigenvalue weighted by Crippen LogP contribution is -2.02. The second kappa shape index (κ2) is 5.85. The number of ketones is 1. The number of hydrogen-bond acceptors (Lipinski definition) is 2. The Bertz CT molecular complexity index is 1050. The third-order valence-corrected chi connectivity index (χ3v) is 4.26. The Labute approximate surface area is 139 Å². The first-order valence-electron chi connectivity index (χ1n) is 8.05. The molecular weight excluding hydrogens is 298 g/mol. The molecule has 0 saturated heterocycles. The van der Waals surface area contributed by atoms with Gasteiger partial charge in [0, 0.05) is 33.6 Å². The Morgan fingerprint density at radius 2 is 1.58 bits per heavy atom. The van der Waals surface area contributed by atoms with Crippen LogP contribution in [0.1, 0.15) is 22.8 Å². The van der Waals surface area contributed by atoms with Crippen LogP contribution in [0.4, 0.5) is 0 Å². The maximum absolute atomic E-state index is 13.1. The summed E-state index contributed by atoms with van der Waals surface area (Å²) in [6, 6.07) is 19.5. The molecule has 1 heterocycles. The molecule has 3 aromatic carbocycles. The van der Waals surface area contributed by atoms with E-state index in [0.717, 1.165) is 27.4 Å². The lowest BCUT2D eigenvalue weighted by Gasteiger charge is -2.11. The summed E-state index contributed by atoms with van der Waals surface area (Å²) in [5, 5.41) is 2.82. The van der Waals surface area contributed by atoms with E-state index in [1.807, 2.05) is 67.6 Å². The molecule has 0 fully saturated rings. The number of aromatic nitrogens is 1. The molecule has 0 radical (unpaired) electrons. The number of rotatable bonds is 4. The van der Waals surface area contributed by atoms with Crippen LogP contribution in [0.5, 0.6) is 5.75 Å². The topological polar surface area (TPSA) is 42.1 Å². The van der Waals surface area contributed by atoms with Crippen molar-refractivity contribution in [3.63, 3.8) is 0 Å². The highest BCUT2D eigenvalue weighted by Crippen LogP contribution is 2.31. The van der Waals surface area contributed by atoms with Crippen LogP contribution in [0, 0.1) is 0 Å². The van der Waals surface area contributed by atoms with Gasteiger partial charge in [-0.1, -0.05) is 42.5 Å². The molecule has 0 saturated carbocycles. The van der Waals surface area contributed by atoms with Crippen LogP contribution >= 0.6 is 0 Å². The van der Waals surface area contributed by atoms with E-state index in [4.69, 9.17) is 4.74 Å². The molecule has 24 heavy (non-hydrogen) atoms. The molecule has 0 spiro atoms. The third kappa shape index (κ3) is 2.26. The number of carbonyl (C=O) groups excluding carboxylic acids is 1. The molecular formula is C21H17NO2. The molecule has 4 aromatic rings. The normalized spacial score (nSPS) is 11.0. The van der Waals surface area contributed by atoms with Gasteiger partial charge in [0.15, 0.2) is 5.78 Å². The molecule has 0 amide bonds. The van der Waals surface area contributed by atoms with Crippen molar-refractivity contribution in [1.82, 2.24) is 4.98 Å². The predicted molar refractivity (Wildman–Crippen MR) is 96.8 cm³/mol. The highest BCUT2D eigenvalue weighted by Gasteiger charge is 2.17. The lowest BCUT2D eigenvalue weighted by molar-refractivity contribution is 0.104.